The van der Waals surface area contributed by atoms with Crippen molar-refractivity contribution in [3.8, 4) is 0 Å². The highest BCUT2D eigenvalue weighted by Crippen LogP contribution is 2.04. The van der Waals surface area contributed by atoms with Crippen LogP contribution in [0.2, 0.25) is 0 Å². The third-order valence-electron chi connectivity index (χ3n) is 2.62. The second-order valence-electron chi connectivity index (χ2n) is 4.17. The minimum atomic E-state index is -0.654. The van der Waals surface area contributed by atoms with Gasteiger partial charge in [-0.15, -0.1) is 0 Å². The fraction of sp³-hybridized carbons (Fsp3) is 0.538. The SMILES string of the molecule is CC(CCc1ccccc1)NC[C@H](O)CO. The first-order valence-corrected chi connectivity index (χ1v) is 5.78. The van der Waals surface area contributed by atoms with Crippen molar-refractivity contribution in [2.75, 3.05) is 13.2 Å². The summed E-state index contributed by atoms with van der Waals surface area (Å²) in [5.74, 6) is 0. The van der Waals surface area contributed by atoms with E-state index in [0.717, 1.165) is 12.8 Å². The average Bonchev–Trinajstić information content (AvgIpc) is 2.34. The van der Waals surface area contributed by atoms with Crippen molar-refractivity contribution >= 4 is 0 Å². The summed E-state index contributed by atoms with van der Waals surface area (Å²) in [6, 6.07) is 10.7. The van der Waals surface area contributed by atoms with Gasteiger partial charge in [0.05, 0.1) is 12.7 Å². The second-order valence-corrected chi connectivity index (χ2v) is 4.17. The summed E-state index contributed by atoms with van der Waals surface area (Å²) in [6.07, 6.45) is 1.41. The quantitative estimate of drug-likeness (QED) is 0.645. The van der Waals surface area contributed by atoms with Crippen LogP contribution in [0.4, 0.5) is 0 Å². The molecule has 16 heavy (non-hydrogen) atoms. The summed E-state index contributed by atoms with van der Waals surface area (Å²) in [5, 5.41) is 21.0. The van der Waals surface area contributed by atoms with Crippen LogP contribution in [-0.2, 0) is 6.42 Å². The number of aliphatic hydroxyl groups excluding tert-OH is 2. The van der Waals surface area contributed by atoms with Crippen LogP contribution in [0.1, 0.15) is 18.9 Å². The molecule has 1 aromatic rings. The van der Waals surface area contributed by atoms with Crippen LogP contribution >= 0.6 is 0 Å². The summed E-state index contributed by atoms with van der Waals surface area (Å²) in [5.41, 5.74) is 1.33. The normalized spacial score (nSPS) is 14.7. The van der Waals surface area contributed by atoms with Gasteiger partial charge < -0.3 is 15.5 Å². The van der Waals surface area contributed by atoms with Gasteiger partial charge in [0.2, 0.25) is 0 Å². The standard InChI is InChI=1S/C13H21NO2/c1-11(14-9-13(16)10-15)7-8-12-5-3-2-4-6-12/h2-6,11,13-16H,7-10H2,1H3/t11?,13-/m0/s1. The molecule has 3 heteroatoms. The summed E-state index contributed by atoms with van der Waals surface area (Å²) in [4.78, 5) is 0. The Balaban J connectivity index is 2.18. The van der Waals surface area contributed by atoms with Crippen LogP contribution in [0, 0.1) is 0 Å². The molecule has 0 saturated heterocycles. The minimum Gasteiger partial charge on any atom is -0.394 e. The maximum atomic E-state index is 9.18. The lowest BCUT2D eigenvalue weighted by molar-refractivity contribution is 0.0921. The van der Waals surface area contributed by atoms with Gasteiger partial charge in [-0.3, -0.25) is 0 Å². The summed E-state index contributed by atoms with van der Waals surface area (Å²) >= 11 is 0. The topological polar surface area (TPSA) is 52.5 Å². The van der Waals surface area contributed by atoms with E-state index in [0.29, 0.717) is 12.6 Å². The Kier molecular flexibility index (Phi) is 6.08. The van der Waals surface area contributed by atoms with Crippen molar-refractivity contribution in [1.29, 1.82) is 0 Å². The lowest BCUT2D eigenvalue weighted by Crippen LogP contribution is -2.35. The Morgan fingerprint density at radius 1 is 1.25 bits per heavy atom. The molecule has 0 amide bonds. The molecule has 0 aliphatic carbocycles. The van der Waals surface area contributed by atoms with Gasteiger partial charge in [-0.2, -0.15) is 0 Å². The average molecular weight is 223 g/mol. The molecule has 0 fully saturated rings. The number of hydrogen-bond acceptors (Lipinski definition) is 3. The van der Waals surface area contributed by atoms with Crippen molar-refractivity contribution < 1.29 is 10.2 Å². The molecule has 0 bridgehead atoms. The van der Waals surface area contributed by atoms with Crippen LogP contribution in [-0.4, -0.2) is 35.5 Å². The van der Waals surface area contributed by atoms with Gasteiger partial charge in [-0.05, 0) is 25.3 Å². The second kappa shape index (κ2) is 7.39. The summed E-state index contributed by atoms with van der Waals surface area (Å²) < 4.78 is 0. The molecule has 0 aromatic heterocycles. The Morgan fingerprint density at radius 3 is 2.56 bits per heavy atom. The molecule has 1 rings (SSSR count). The Hall–Kier alpha value is -0.900. The number of nitrogens with one attached hydrogen (secondary N) is 1. The van der Waals surface area contributed by atoms with Crippen LogP contribution in [0.25, 0.3) is 0 Å². The first kappa shape index (κ1) is 13.2. The van der Waals surface area contributed by atoms with Gasteiger partial charge in [-0.25, -0.2) is 0 Å². The molecule has 3 nitrogen and oxygen atoms in total. The van der Waals surface area contributed by atoms with Crippen molar-refractivity contribution in [1.82, 2.24) is 5.32 Å². The maximum absolute atomic E-state index is 9.18. The first-order valence-electron chi connectivity index (χ1n) is 5.78. The Morgan fingerprint density at radius 2 is 1.94 bits per heavy atom. The van der Waals surface area contributed by atoms with Crippen molar-refractivity contribution in [2.24, 2.45) is 0 Å². The molecule has 0 saturated carbocycles. The fourth-order valence-electron chi connectivity index (χ4n) is 1.53. The van der Waals surface area contributed by atoms with E-state index in [4.69, 9.17) is 5.11 Å². The predicted octanol–water partition coefficient (Wildman–Crippen LogP) is 0.950. The van der Waals surface area contributed by atoms with E-state index in [1.165, 1.54) is 5.56 Å². The molecule has 0 aliphatic heterocycles. The summed E-state index contributed by atoms with van der Waals surface area (Å²) in [7, 11) is 0. The molecule has 2 atom stereocenters. The van der Waals surface area contributed by atoms with Crippen molar-refractivity contribution in [3.63, 3.8) is 0 Å². The molecule has 0 aliphatic rings. The zero-order valence-corrected chi connectivity index (χ0v) is 9.76. The van der Waals surface area contributed by atoms with Crippen molar-refractivity contribution in [2.45, 2.75) is 31.9 Å². The first-order chi connectivity index (χ1) is 7.72. The highest BCUT2D eigenvalue weighted by Gasteiger charge is 2.05. The lowest BCUT2D eigenvalue weighted by atomic mass is 10.1. The van der Waals surface area contributed by atoms with Crippen molar-refractivity contribution in [3.05, 3.63) is 35.9 Å². The molecule has 1 unspecified atom stereocenters. The van der Waals surface area contributed by atoms with E-state index in [9.17, 15) is 5.11 Å². The summed E-state index contributed by atoms with van der Waals surface area (Å²) in [6.45, 7) is 2.36. The lowest BCUT2D eigenvalue weighted by Gasteiger charge is -2.15. The fourth-order valence-corrected chi connectivity index (χ4v) is 1.53. The monoisotopic (exact) mass is 223 g/mol. The van der Waals surface area contributed by atoms with Crippen LogP contribution in [0.15, 0.2) is 30.3 Å². The van der Waals surface area contributed by atoms with E-state index in [-0.39, 0.29) is 6.61 Å². The zero-order valence-electron chi connectivity index (χ0n) is 9.76. The number of hydrogen-bond donors (Lipinski definition) is 3. The number of benzene rings is 1. The van der Waals surface area contributed by atoms with E-state index < -0.39 is 6.10 Å². The van der Waals surface area contributed by atoms with Crippen LogP contribution < -0.4 is 5.32 Å². The molecule has 1 aromatic carbocycles. The van der Waals surface area contributed by atoms with Gasteiger partial charge in [0.1, 0.15) is 0 Å². The van der Waals surface area contributed by atoms with E-state index in [1.807, 2.05) is 18.2 Å². The molecule has 0 heterocycles. The molecule has 3 N–H and O–H groups in total. The third kappa shape index (κ3) is 5.26. The molecular formula is C13H21NO2. The third-order valence-corrected chi connectivity index (χ3v) is 2.62. The smallest absolute Gasteiger partial charge is 0.0895 e. The zero-order chi connectivity index (χ0) is 11.8. The van der Waals surface area contributed by atoms with Gasteiger partial charge in [0.25, 0.3) is 0 Å². The molecule has 0 spiro atoms. The largest absolute Gasteiger partial charge is 0.394 e. The van der Waals surface area contributed by atoms with Gasteiger partial charge in [-0.1, -0.05) is 30.3 Å². The van der Waals surface area contributed by atoms with Gasteiger partial charge >= 0.3 is 0 Å². The predicted molar refractivity (Wildman–Crippen MR) is 65.3 cm³/mol. The molecular weight excluding hydrogens is 202 g/mol. The number of aryl methyl sites for hydroxylation is 1. The van der Waals surface area contributed by atoms with Gasteiger partial charge in [0.15, 0.2) is 0 Å². The van der Waals surface area contributed by atoms with E-state index in [2.05, 4.69) is 24.4 Å². The minimum absolute atomic E-state index is 0.182. The van der Waals surface area contributed by atoms with E-state index >= 15 is 0 Å². The Bertz CT molecular complexity index is 277. The number of rotatable bonds is 7. The Labute approximate surface area is 97.1 Å². The molecule has 0 radical (unpaired) electrons. The highest BCUT2D eigenvalue weighted by molar-refractivity contribution is 5.14. The highest BCUT2D eigenvalue weighted by atomic mass is 16.3. The van der Waals surface area contributed by atoms with Crippen LogP contribution in [0.5, 0.6) is 0 Å². The van der Waals surface area contributed by atoms with Gasteiger partial charge in [0, 0.05) is 12.6 Å². The van der Waals surface area contributed by atoms with E-state index in [1.54, 1.807) is 0 Å². The maximum Gasteiger partial charge on any atom is 0.0895 e. The molecule has 90 valence electrons. The van der Waals surface area contributed by atoms with Crippen LogP contribution in [0.3, 0.4) is 0 Å². The number of aliphatic hydroxyl groups is 2.